The first kappa shape index (κ1) is 10.8. The summed E-state index contributed by atoms with van der Waals surface area (Å²) in [6.07, 6.45) is 0. The van der Waals surface area contributed by atoms with Gasteiger partial charge >= 0.3 is 0 Å². The van der Waals surface area contributed by atoms with Crippen molar-refractivity contribution < 1.29 is 0 Å². The lowest BCUT2D eigenvalue weighted by Crippen LogP contribution is -2.08. The SMILES string of the molecule is CNCc1cc2cc(Cl)cc(Cl)c2n1C. The van der Waals surface area contributed by atoms with Gasteiger partial charge in [-0.2, -0.15) is 0 Å². The van der Waals surface area contributed by atoms with Gasteiger partial charge in [0.2, 0.25) is 0 Å². The first-order valence-electron chi connectivity index (χ1n) is 4.71. The number of aromatic nitrogens is 1. The van der Waals surface area contributed by atoms with E-state index in [9.17, 15) is 0 Å². The number of hydrogen-bond donors (Lipinski definition) is 1. The predicted octanol–water partition coefficient (Wildman–Crippen LogP) is 3.20. The monoisotopic (exact) mass is 242 g/mol. The van der Waals surface area contributed by atoms with Gasteiger partial charge in [-0.3, -0.25) is 0 Å². The van der Waals surface area contributed by atoms with Crippen molar-refractivity contribution >= 4 is 34.1 Å². The summed E-state index contributed by atoms with van der Waals surface area (Å²) >= 11 is 12.1. The van der Waals surface area contributed by atoms with Crippen molar-refractivity contribution in [1.29, 1.82) is 0 Å². The van der Waals surface area contributed by atoms with E-state index in [-0.39, 0.29) is 0 Å². The van der Waals surface area contributed by atoms with Crippen molar-refractivity contribution in [2.45, 2.75) is 6.54 Å². The van der Waals surface area contributed by atoms with Crippen molar-refractivity contribution in [3.8, 4) is 0 Å². The Morgan fingerprint density at radius 3 is 2.67 bits per heavy atom. The third kappa shape index (κ3) is 1.85. The minimum Gasteiger partial charge on any atom is -0.345 e. The van der Waals surface area contributed by atoms with Crippen LogP contribution in [0.4, 0.5) is 0 Å². The van der Waals surface area contributed by atoms with Gasteiger partial charge in [-0.1, -0.05) is 23.2 Å². The van der Waals surface area contributed by atoms with Crippen molar-refractivity contribution in [2.24, 2.45) is 7.05 Å². The van der Waals surface area contributed by atoms with Gasteiger partial charge in [-0.25, -0.2) is 0 Å². The highest BCUT2D eigenvalue weighted by molar-refractivity contribution is 6.38. The van der Waals surface area contributed by atoms with Crippen LogP contribution in [0.2, 0.25) is 10.0 Å². The molecule has 80 valence electrons. The molecule has 1 heterocycles. The second-order valence-electron chi connectivity index (χ2n) is 3.55. The smallest absolute Gasteiger partial charge is 0.0670 e. The molecule has 1 aromatic heterocycles. The Morgan fingerprint density at radius 2 is 2.00 bits per heavy atom. The summed E-state index contributed by atoms with van der Waals surface area (Å²) in [4.78, 5) is 0. The summed E-state index contributed by atoms with van der Waals surface area (Å²) in [5, 5.41) is 5.58. The average molecular weight is 243 g/mol. The van der Waals surface area contributed by atoms with E-state index in [0.717, 1.165) is 17.4 Å². The number of rotatable bonds is 2. The van der Waals surface area contributed by atoms with Gasteiger partial charge in [0.25, 0.3) is 0 Å². The predicted molar refractivity (Wildman–Crippen MR) is 65.7 cm³/mol. The molecule has 15 heavy (non-hydrogen) atoms. The van der Waals surface area contributed by atoms with Gasteiger partial charge in [0, 0.05) is 29.7 Å². The van der Waals surface area contributed by atoms with E-state index in [0.29, 0.717) is 10.0 Å². The number of nitrogens with one attached hydrogen (secondary N) is 1. The molecule has 0 unspecified atom stereocenters. The maximum Gasteiger partial charge on any atom is 0.0670 e. The highest BCUT2D eigenvalue weighted by Crippen LogP contribution is 2.29. The Morgan fingerprint density at radius 1 is 1.27 bits per heavy atom. The standard InChI is InChI=1S/C11H12Cl2N2/c1-14-6-9-4-7-3-8(12)5-10(13)11(7)15(9)2/h3-5,14H,6H2,1-2H3. The molecule has 0 aliphatic rings. The van der Waals surface area contributed by atoms with Crippen LogP contribution in [0.15, 0.2) is 18.2 Å². The molecule has 0 fully saturated rings. The van der Waals surface area contributed by atoms with Crippen LogP contribution in [0.25, 0.3) is 10.9 Å². The molecular formula is C11H12Cl2N2. The van der Waals surface area contributed by atoms with Crippen LogP contribution in [0.5, 0.6) is 0 Å². The molecule has 2 rings (SSSR count). The van der Waals surface area contributed by atoms with Crippen LogP contribution in [-0.4, -0.2) is 11.6 Å². The number of fused-ring (bicyclic) bond motifs is 1. The second kappa shape index (κ2) is 4.05. The Hall–Kier alpha value is -0.700. The van der Waals surface area contributed by atoms with Gasteiger partial charge in [-0.15, -0.1) is 0 Å². The molecule has 2 nitrogen and oxygen atoms in total. The quantitative estimate of drug-likeness (QED) is 0.856. The molecule has 0 spiro atoms. The third-order valence-electron chi connectivity index (χ3n) is 2.50. The Bertz CT molecular complexity index is 503. The largest absolute Gasteiger partial charge is 0.345 e. The molecule has 0 aliphatic carbocycles. The summed E-state index contributed by atoms with van der Waals surface area (Å²) in [5.74, 6) is 0. The van der Waals surface area contributed by atoms with E-state index < -0.39 is 0 Å². The van der Waals surface area contributed by atoms with Crippen molar-refractivity contribution in [2.75, 3.05) is 7.05 Å². The summed E-state index contributed by atoms with van der Waals surface area (Å²) in [6, 6.07) is 5.81. The first-order chi connectivity index (χ1) is 7.13. The fourth-order valence-corrected chi connectivity index (χ4v) is 2.46. The van der Waals surface area contributed by atoms with Crippen LogP contribution in [0.1, 0.15) is 5.69 Å². The minimum absolute atomic E-state index is 0.675. The van der Waals surface area contributed by atoms with Gasteiger partial charge in [0.15, 0.2) is 0 Å². The molecule has 0 atom stereocenters. The van der Waals surface area contributed by atoms with E-state index in [1.807, 2.05) is 20.2 Å². The molecule has 0 saturated heterocycles. The molecule has 0 radical (unpaired) electrons. The van der Waals surface area contributed by atoms with Crippen LogP contribution < -0.4 is 5.32 Å². The van der Waals surface area contributed by atoms with Crippen LogP contribution in [0.3, 0.4) is 0 Å². The summed E-state index contributed by atoms with van der Waals surface area (Å²) < 4.78 is 2.09. The minimum atomic E-state index is 0.675. The van der Waals surface area contributed by atoms with Crippen molar-refractivity contribution in [3.63, 3.8) is 0 Å². The second-order valence-corrected chi connectivity index (χ2v) is 4.39. The Labute approximate surface area is 98.8 Å². The maximum atomic E-state index is 6.16. The van der Waals surface area contributed by atoms with E-state index in [1.54, 1.807) is 6.07 Å². The van der Waals surface area contributed by atoms with E-state index in [1.165, 1.54) is 5.69 Å². The molecule has 4 heteroatoms. The zero-order valence-corrected chi connectivity index (χ0v) is 10.2. The van der Waals surface area contributed by atoms with E-state index >= 15 is 0 Å². The van der Waals surface area contributed by atoms with E-state index in [2.05, 4.69) is 16.0 Å². The lowest BCUT2D eigenvalue weighted by atomic mass is 10.2. The van der Waals surface area contributed by atoms with Crippen molar-refractivity contribution in [1.82, 2.24) is 9.88 Å². The number of aryl methyl sites for hydroxylation is 1. The molecule has 1 N–H and O–H groups in total. The normalized spacial score (nSPS) is 11.2. The van der Waals surface area contributed by atoms with Gasteiger partial charge < -0.3 is 9.88 Å². The van der Waals surface area contributed by atoms with Crippen molar-refractivity contribution in [3.05, 3.63) is 33.9 Å². The number of nitrogens with zero attached hydrogens (tertiary/aromatic N) is 1. The molecule has 0 bridgehead atoms. The first-order valence-corrected chi connectivity index (χ1v) is 5.47. The molecule has 2 aromatic rings. The molecule has 1 aromatic carbocycles. The van der Waals surface area contributed by atoms with Gasteiger partial charge in [-0.05, 0) is 25.2 Å². The van der Waals surface area contributed by atoms with Gasteiger partial charge in [0.05, 0.1) is 10.5 Å². The fourth-order valence-electron chi connectivity index (χ4n) is 1.82. The molecule has 0 saturated carbocycles. The zero-order chi connectivity index (χ0) is 11.0. The highest BCUT2D eigenvalue weighted by atomic mass is 35.5. The number of hydrogen-bond acceptors (Lipinski definition) is 1. The molecular weight excluding hydrogens is 231 g/mol. The van der Waals surface area contributed by atoms with Crippen LogP contribution in [0, 0.1) is 0 Å². The highest BCUT2D eigenvalue weighted by Gasteiger charge is 2.09. The Kier molecular flexibility index (Phi) is 2.91. The number of benzene rings is 1. The van der Waals surface area contributed by atoms with E-state index in [4.69, 9.17) is 23.2 Å². The molecule has 0 amide bonds. The maximum absolute atomic E-state index is 6.16. The number of halogens is 2. The van der Waals surface area contributed by atoms with Gasteiger partial charge in [0.1, 0.15) is 0 Å². The third-order valence-corrected chi connectivity index (χ3v) is 3.01. The fraction of sp³-hybridized carbons (Fsp3) is 0.273. The van der Waals surface area contributed by atoms with Crippen LogP contribution in [-0.2, 0) is 13.6 Å². The lowest BCUT2D eigenvalue weighted by Gasteiger charge is -2.04. The summed E-state index contributed by atoms with van der Waals surface area (Å²) in [6.45, 7) is 0.819. The summed E-state index contributed by atoms with van der Waals surface area (Å²) in [5.41, 5.74) is 2.22. The zero-order valence-electron chi connectivity index (χ0n) is 8.64. The summed E-state index contributed by atoms with van der Waals surface area (Å²) in [7, 11) is 3.93. The molecule has 0 aliphatic heterocycles. The topological polar surface area (TPSA) is 17.0 Å². The lowest BCUT2D eigenvalue weighted by molar-refractivity contribution is 0.745. The average Bonchev–Trinajstić information content (AvgIpc) is 2.43. The van der Waals surface area contributed by atoms with Crippen LogP contribution >= 0.6 is 23.2 Å². The Balaban J connectivity index is 2.70.